The van der Waals surface area contributed by atoms with Crippen LogP contribution < -0.4 is 0 Å². The van der Waals surface area contributed by atoms with Crippen LogP contribution in [-0.4, -0.2) is 44.2 Å². The Hall–Kier alpha value is -2.17. The third-order valence-corrected chi connectivity index (χ3v) is 4.21. The number of carbonyl (C=O) groups excluding carboxylic acids is 1. The molecule has 0 aromatic heterocycles. The van der Waals surface area contributed by atoms with Gasteiger partial charge in [-0.05, 0) is 38.1 Å². The molecule has 4 nitrogen and oxygen atoms in total. The third-order valence-electron chi connectivity index (χ3n) is 4.21. The second-order valence-electron chi connectivity index (χ2n) is 7.60. The molecule has 146 valence electrons. The molecule has 0 saturated heterocycles. The Balaban J connectivity index is 2.52. The van der Waals surface area contributed by atoms with E-state index in [2.05, 4.69) is 13.8 Å². The average molecular weight is 370 g/mol. The van der Waals surface area contributed by atoms with Gasteiger partial charge in [0.25, 0.3) is 0 Å². The summed E-state index contributed by atoms with van der Waals surface area (Å²) < 4.78 is 12.2. The minimum atomic E-state index is -1.28. The maximum absolute atomic E-state index is 13.5. The van der Waals surface area contributed by atoms with Crippen molar-refractivity contribution in [2.75, 3.05) is 27.2 Å². The van der Waals surface area contributed by atoms with Gasteiger partial charge in [-0.2, -0.15) is 0 Å². The van der Waals surface area contributed by atoms with E-state index in [0.29, 0.717) is 13.2 Å². The van der Waals surface area contributed by atoms with Gasteiger partial charge in [-0.15, -0.1) is 0 Å². The van der Waals surface area contributed by atoms with Crippen molar-refractivity contribution in [2.24, 2.45) is 5.92 Å². The topological polar surface area (TPSA) is 38.8 Å². The number of likely N-dealkylation sites (N-methyl/N-ethyl adjacent to an activating group) is 1. The summed E-state index contributed by atoms with van der Waals surface area (Å²) in [5, 5.41) is 0. The normalized spacial score (nSPS) is 13.0. The van der Waals surface area contributed by atoms with Crippen LogP contribution in [-0.2, 0) is 19.9 Å². The van der Waals surface area contributed by atoms with E-state index in [1.54, 1.807) is 0 Å². The van der Waals surface area contributed by atoms with Crippen LogP contribution in [0.5, 0.6) is 0 Å². The quantitative estimate of drug-likeness (QED) is 0.624. The van der Waals surface area contributed by atoms with Crippen molar-refractivity contribution in [3.05, 3.63) is 71.8 Å². The number of hydrogen-bond acceptors (Lipinski definition) is 4. The van der Waals surface area contributed by atoms with E-state index in [-0.39, 0.29) is 18.0 Å². The molecule has 0 saturated carbocycles. The van der Waals surface area contributed by atoms with E-state index in [9.17, 15) is 4.79 Å². The number of ether oxygens (including phenoxy) is 2. The lowest BCUT2D eigenvalue weighted by Crippen LogP contribution is -2.44. The lowest BCUT2D eigenvalue weighted by molar-refractivity contribution is -0.175. The minimum Gasteiger partial charge on any atom is -0.459 e. The molecule has 1 unspecified atom stereocenters. The van der Waals surface area contributed by atoms with Gasteiger partial charge in [0, 0.05) is 6.54 Å². The largest absolute Gasteiger partial charge is 0.459 e. The molecule has 27 heavy (non-hydrogen) atoms. The van der Waals surface area contributed by atoms with E-state index in [1.807, 2.05) is 86.6 Å². The molecule has 0 aliphatic carbocycles. The lowest BCUT2D eigenvalue weighted by atomic mass is 9.85. The molecule has 1 atom stereocenters. The highest BCUT2D eigenvalue weighted by Gasteiger charge is 2.45. The molecule has 0 radical (unpaired) electrons. The summed E-state index contributed by atoms with van der Waals surface area (Å²) in [4.78, 5) is 15.5. The first-order chi connectivity index (χ1) is 12.9. The highest BCUT2D eigenvalue weighted by molar-refractivity contribution is 5.86. The van der Waals surface area contributed by atoms with Crippen LogP contribution in [0.3, 0.4) is 0 Å². The minimum absolute atomic E-state index is 0.248. The second kappa shape index (κ2) is 9.67. The second-order valence-corrected chi connectivity index (χ2v) is 7.60. The predicted molar refractivity (Wildman–Crippen MR) is 109 cm³/mol. The first kappa shape index (κ1) is 21.1. The van der Waals surface area contributed by atoms with Gasteiger partial charge in [0.15, 0.2) is 0 Å². The molecular formula is C23H31NO3. The Morgan fingerprint density at radius 3 is 1.81 bits per heavy atom. The summed E-state index contributed by atoms with van der Waals surface area (Å²) in [5.74, 6) is -0.0984. The van der Waals surface area contributed by atoms with Crippen LogP contribution >= 0.6 is 0 Å². The van der Waals surface area contributed by atoms with Crippen LogP contribution in [0.2, 0.25) is 0 Å². The van der Waals surface area contributed by atoms with Crippen molar-refractivity contribution in [2.45, 2.75) is 32.5 Å². The van der Waals surface area contributed by atoms with Gasteiger partial charge in [0.05, 0.1) is 6.61 Å². The molecule has 2 aromatic carbocycles. The SMILES string of the molecule is CC(C)COC(C(=O)OC(C)CN(C)C)(c1ccccc1)c1ccccc1. The molecule has 0 aliphatic rings. The number of nitrogens with zero attached hydrogens (tertiary/aromatic N) is 1. The van der Waals surface area contributed by atoms with Crippen LogP contribution in [0.4, 0.5) is 0 Å². The maximum atomic E-state index is 13.5. The van der Waals surface area contributed by atoms with Crippen molar-refractivity contribution >= 4 is 5.97 Å². The third kappa shape index (κ3) is 5.41. The van der Waals surface area contributed by atoms with Crippen LogP contribution in [0.15, 0.2) is 60.7 Å². The van der Waals surface area contributed by atoms with E-state index in [1.165, 1.54) is 0 Å². The van der Waals surface area contributed by atoms with Crippen LogP contribution in [0.25, 0.3) is 0 Å². The van der Waals surface area contributed by atoms with Crippen molar-refractivity contribution in [1.82, 2.24) is 4.90 Å². The zero-order chi connectivity index (χ0) is 19.9. The zero-order valence-corrected chi connectivity index (χ0v) is 17.0. The number of benzene rings is 2. The van der Waals surface area contributed by atoms with Gasteiger partial charge >= 0.3 is 5.97 Å². The lowest BCUT2D eigenvalue weighted by Gasteiger charge is -2.34. The van der Waals surface area contributed by atoms with Gasteiger partial charge in [0.2, 0.25) is 5.60 Å². The molecule has 0 fully saturated rings. The fourth-order valence-electron chi connectivity index (χ4n) is 3.08. The van der Waals surface area contributed by atoms with Crippen LogP contribution in [0, 0.1) is 5.92 Å². The van der Waals surface area contributed by atoms with E-state index in [0.717, 1.165) is 11.1 Å². The summed E-state index contributed by atoms with van der Waals surface area (Å²) >= 11 is 0. The fraction of sp³-hybridized carbons (Fsp3) is 0.435. The van der Waals surface area contributed by atoms with Gasteiger partial charge in [-0.1, -0.05) is 74.5 Å². The number of hydrogen-bond donors (Lipinski definition) is 0. The number of rotatable bonds is 9. The molecule has 4 heteroatoms. The molecule has 0 heterocycles. The summed E-state index contributed by atoms with van der Waals surface area (Å²) in [6, 6.07) is 19.2. The van der Waals surface area contributed by atoms with Crippen molar-refractivity contribution in [3.63, 3.8) is 0 Å². The van der Waals surface area contributed by atoms with Crippen molar-refractivity contribution in [1.29, 1.82) is 0 Å². The predicted octanol–water partition coefficient (Wildman–Crippen LogP) is 4.10. The first-order valence-corrected chi connectivity index (χ1v) is 9.47. The number of esters is 1. The highest BCUT2D eigenvalue weighted by Crippen LogP contribution is 2.36. The Labute approximate surface area is 163 Å². The van der Waals surface area contributed by atoms with Gasteiger partial charge in [-0.25, -0.2) is 4.79 Å². The average Bonchev–Trinajstić information content (AvgIpc) is 2.63. The fourth-order valence-corrected chi connectivity index (χ4v) is 3.08. The molecule has 0 bridgehead atoms. The maximum Gasteiger partial charge on any atom is 0.348 e. The molecule has 0 aliphatic heterocycles. The van der Waals surface area contributed by atoms with Crippen LogP contribution in [0.1, 0.15) is 31.9 Å². The molecule has 0 amide bonds. The Bertz CT molecular complexity index is 659. The van der Waals surface area contributed by atoms with Gasteiger partial charge in [0.1, 0.15) is 6.10 Å². The monoisotopic (exact) mass is 369 g/mol. The summed E-state index contributed by atoms with van der Waals surface area (Å²) in [6.45, 7) is 7.14. The summed E-state index contributed by atoms with van der Waals surface area (Å²) in [6.07, 6.45) is -0.248. The first-order valence-electron chi connectivity index (χ1n) is 9.47. The number of carbonyl (C=O) groups is 1. The Kier molecular flexibility index (Phi) is 7.57. The Morgan fingerprint density at radius 2 is 1.41 bits per heavy atom. The van der Waals surface area contributed by atoms with Crippen molar-refractivity contribution < 1.29 is 14.3 Å². The standard InChI is InChI=1S/C23H31NO3/c1-18(2)17-26-23(20-12-8-6-9-13-20,21-14-10-7-11-15-21)22(25)27-19(3)16-24(4)5/h6-15,18-19H,16-17H2,1-5H3. The van der Waals surface area contributed by atoms with E-state index < -0.39 is 5.60 Å². The van der Waals surface area contributed by atoms with Gasteiger partial charge < -0.3 is 14.4 Å². The molecule has 2 aromatic rings. The molecular weight excluding hydrogens is 338 g/mol. The summed E-state index contributed by atoms with van der Waals surface area (Å²) in [7, 11) is 3.92. The summed E-state index contributed by atoms with van der Waals surface area (Å²) in [5.41, 5.74) is 0.269. The van der Waals surface area contributed by atoms with Crippen molar-refractivity contribution in [3.8, 4) is 0 Å². The zero-order valence-electron chi connectivity index (χ0n) is 17.0. The molecule has 2 rings (SSSR count). The highest BCUT2D eigenvalue weighted by atomic mass is 16.6. The molecule has 0 N–H and O–H groups in total. The smallest absolute Gasteiger partial charge is 0.348 e. The van der Waals surface area contributed by atoms with E-state index in [4.69, 9.17) is 9.47 Å². The molecule has 0 spiro atoms. The Morgan fingerprint density at radius 1 is 0.926 bits per heavy atom. The van der Waals surface area contributed by atoms with Gasteiger partial charge in [-0.3, -0.25) is 0 Å². The van der Waals surface area contributed by atoms with E-state index >= 15 is 0 Å².